The van der Waals surface area contributed by atoms with E-state index in [1.165, 1.54) is 12.1 Å². The first kappa shape index (κ1) is 24.5. The summed E-state index contributed by atoms with van der Waals surface area (Å²) in [6.07, 6.45) is 5.94. The van der Waals surface area contributed by atoms with Gasteiger partial charge in [0.05, 0.1) is 17.5 Å². The Hall–Kier alpha value is -0.513. The minimum atomic E-state index is -4.49. The first-order valence-corrected chi connectivity index (χ1v) is 10.2. The molecule has 0 aliphatic rings. The molecule has 1 aromatic rings. The SMILES string of the molecule is CCCCC(C)N(c1cccc(S(=O)(=O)[O-])c1)C(CO)CCCC.[Li+]. The summed E-state index contributed by atoms with van der Waals surface area (Å²) >= 11 is 0. The van der Waals surface area contributed by atoms with Crippen molar-refractivity contribution >= 4 is 15.8 Å². The van der Waals surface area contributed by atoms with E-state index in [9.17, 15) is 18.1 Å². The fraction of sp³-hybridized carbons (Fsp3) is 0.667. The Labute approximate surface area is 164 Å². The maximum Gasteiger partial charge on any atom is 1.00 e. The molecular formula is C18H30LiNO4S. The summed E-state index contributed by atoms with van der Waals surface area (Å²) in [5, 5.41) is 9.87. The summed E-state index contributed by atoms with van der Waals surface area (Å²) in [7, 11) is -4.49. The average molecular weight is 363 g/mol. The van der Waals surface area contributed by atoms with E-state index in [0.29, 0.717) is 5.69 Å². The first-order chi connectivity index (χ1) is 11.3. The van der Waals surface area contributed by atoms with Gasteiger partial charge in [-0.3, -0.25) is 0 Å². The molecule has 0 saturated carbocycles. The van der Waals surface area contributed by atoms with E-state index in [-0.39, 0.29) is 42.4 Å². The summed E-state index contributed by atoms with van der Waals surface area (Å²) in [5.41, 5.74) is 0.686. The Balaban J connectivity index is 0.00000576. The first-order valence-electron chi connectivity index (χ1n) is 8.80. The zero-order valence-electron chi connectivity index (χ0n) is 15.9. The molecule has 0 amide bonds. The fourth-order valence-electron chi connectivity index (χ4n) is 3.02. The zero-order valence-corrected chi connectivity index (χ0v) is 16.8. The molecule has 138 valence electrons. The van der Waals surface area contributed by atoms with E-state index in [4.69, 9.17) is 0 Å². The predicted octanol–water partition coefficient (Wildman–Crippen LogP) is 0.531. The minimum absolute atomic E-state index is 0. The number of hydrogen-bond donors (Lipinski definition) is 1. The van der Waals surface area contributed by atoms with Crippen molar-refractivity contribution in [1.82, 2.24) is 0 Å². The van der Waals surface area contributed by atoms with Crippen LogP contribution in [0.5, 0.6) is 0 Å². The smallest absolute Gasteiger partial charge is 0.744 e. The van der Waals surface area contributed by atoms with Gasteiger partial charge in [0.15, 0.2) is 0 Å². The van der Waals surface area contributed by atoms with Crippen molar-refractivity contribution < 1.29 is 36.9 Å². The molecule has 0 aliphatic carbocycles. The second-order valence-electron chi connectivity index (χ2n) is 6.33. The van der Waals surface area contributed by atoms with E-state index < -0.39 is 10.1 Å². The Bertz CT molecular complexity index is 594. The van der Waals surface area contributed by atoms with Crippen LogP contribution in [0, 0.1) is 0 Å². The monoisotopic (exact) mass is 363 g/mol. The number of unbranched alkanes of at least 4 members (excludes halogenated alkanes) is 2. The number of benzene rings is 1. The Kier molecular flexibility index (Phi) is 11.7. The number of rotatable bonds is 11. The standard InChI is InChI=1S/C18H31NO4S.Li/c1-4-6-9-15(3)19(17(14-20)10-7-5-2)16-11-8-12-18(13-16)24(21,22)23;/h8,11-13,15,17,20H,4-7,9-10,14H2,1-3H3,(H,21,22,23);/q;+1/p-1. The molecule has 1 rings (SSSR count). The summed E-state index contributed by atoms with van der Waals surface area (Å²) < 4.78 is 34.0. The molecule has 0 fully saturated rings. The van der Waals surface area contributed by atoms with Gasteiger partial charge in [0.25, 0.3) is 0 Å². The van der Waals surface area contributed by atoms with E-state index >= 15 is 0 Å². The minimum Gasteiger partial charge on any atom is -0.744 e. The van der Waals surface area contributed by atoms with Crippen LogP contribution < -0.4 is 23.8 Å². The maximum absolute atomic E-state index is 11.3. The quantitative estimate of drug-likeness (QED) is 0.458. The number of hydrogen-bond acceptors (Lipinski definition) is 5. The molecule has 0 heterocycles. The van der Waals surface area contributed by atoms with Gasteiger partial charge >= 0.3 is 18.9 Å². The van der Waals surface area contributed by atoms with E-state index in [2.05, 4.69) is 25.7 Å². The molecule has 0 radical (unpaired) electrons. The second-order valence-corrected chi connectivity index (χ2v) is 7.71. The molecule has 0 bridgehead atoms. The van der Waals surface area contributed by atoms with E-state index in [0.717, 1.165) is 38.5 Å². The van der Waals surface area contributed by atoms with Gasteiger partial charge in [0, 0.05) is 11.7 Å². The molecule has 1 aromatic carbocycles. The van der Waals surface area contributed by atoms with Gasteiger partial charge in [0.1, 0.15) is 10.1 Å². The Morgan fingerprint density at radius 2 is 1.76 bits per heavy atom. The molecule has 1 N–H and O–H groups in total. The third-order valence-electron chi connectivity index (χ3n) is 4.35. The van der Waals surface area contributed by atoms with Crippen LogP contribution in [0.2, 0.25) is 0 Å². The summed E-state index contributed by atoms with van der Waals surface area (Å²) in [4.78, 5) is 1.86. The van der Waals surface area contributed by atoms with E-state index in [1.807, 2.05) is 6.07 Å². The number of aliphatic hydroxyl groups is 1. The van der Waals surface area contributed by atoms with Crippen LogP contribution in [-0.4, -0.2) is 36.8 Å². The molecule has 0 spiro atoms. The third kappa shape index (κ3) is 7.72. The molecule has 25 heavy (non-hydrogen) atoms. The van der Waals surface area contributed by atoms with Crippen molar-refractivity contribution in [3.05, 3.63) is 24.3 Å². The number of nitrogens with zero attached hydrogens (tertiary/aromatic N) is 1. The van der Waals surface area contributed by atoms with Gasteiger partial charge in [-0.15, -0.1) is 0 Å². The summed E-state index contributed by atoms with van der Waals surface area (Å²) in [5.74, 6) is 0. The van der Waals surface area contributed by atoms with Crippen LogP contribution in [0.4, 0.5) is 5.69 Å². The molecule has 7 heteroatoms. The maximum atomic E-state index is 11.3. The normalized spacial score (nSPS) is 13.8. The molecule has 5 nitrogen and oxygen atoms in total. The van der Waals surface area contributed by atoms with Gasteiger partial charge in [-0.25, -0.2) is 8.42 Å². The van der Waals surface area contributed by atoms with Crippen molar-refractivity contribution in [3.63, 3.8) is 0 Å². The largest absolute Gasteiger partial charge is 1.00 e. The van der Waals surface area contributed by atoms with Crippen LogP contribution in [-0.2, 0) is 10.1 Å². The van der Waals surface area contributed by atoms with Crippen molar-refractivity contribution in [2.45, 2.75) is 76.3 Å². The zero-order chi connectivity index (χ0) is 18.2. The van der Waals surface area contributed by atoms with Gasteiger partial charge < -0.3 is 14.6 Å². The Morgan fingerprint density at radius 1 is 1.16 bits per heavy atom. The van der Waals surface area contributed by atoms with Crippen molar-refractivity contribution in [1.29, 1.82) is 0 Å². The third-order valence-corrected chi connectivity index (χ3v) is 5.18. The molecule has 0 aromatic heterocycles. The molecular weight excluding hydrogens is 333 g/mol. The van der Waals surface area contributed by atoms with Gasteiger partial charge in [-0.2, -0.15) is 0 Å². The van der Waals surface area contributed by atoms with Gasteiger partial charge in [-0.05, 0) is 38.0 Å². The van der Waals surface area contributed by atoms with E-state index in [1.54, 1.807) is 6.07 Å². The van der Waals surface area contributed by atoms with Crippen LogP contribution >= 0.6 is 0 Å². The molecule has 2 atom stereocenters. The Morgan fingerprint density at radius 3 is 2.28 bits per heavy atom. The fourth-order valence-corrected chi connectivity index (χ4v) is 3.53. The van der Waals surface area contributed by atoms with Gasteiger partial charge in [-0.1, -0.05) is 45.6 Å². The topological polar surface area (TPSA) is 80.7 Å². The van der Waals surface area contributed by atoms with Crippen LogP contribution in [0.15, 0.2) is 29.2 Å². The van der Waals surface area contributed by atoms with Crippen molar-refractivity contribution in [3.8, 4) is 0 Å². The van der Waals surface area contributed by atoms with Crippen LogP contribution in [0.1, 0.15) is 59.3 Å². The molecule has 2 unspecified atom stereocenters. The van der Waals surface area contributed by atoms with Crippen molar-refractivity contribution in [2.75, 3.05) is 11.5 Å². The van der Waals surface area contributed by atoms with Gasteiger partial charge in [0.2, 0.25) is 0 Å². The molecule has 0 aliphatic heterocycles. The van der Waals surface area contributed by atoms with Crippen molar-refractivity contribution in [2.24, 2.45) is 0 Å². The van der Waals surface area contributed by atoms with Crippen LogP contribution in [0.3, 0.4) is 0 Å². The predicted molar refractivity (Wildman–Crippen MR) is 96.3 cm³/mol. The summed E-state index contributed by atoms with van der Waals surface area (Å²) in [6.45, 7) is 6.32. The second kappa shape index (κ2) is 12.0. The number of aliphatic hydroxyl groups excluding tert-OH is 1. The molecule has 0 saturated heterocycles. The summed E-state index contributed by atoms with van der Waals surface area (Å²) in [6, 6.07) is 6.23. The average Bonchev–Trinajstić information content (AvgIpc) is 2.55. The van der Waals surface area contributed by atoms with Crippen LogP contribution in [0.25, 0.3) is 0 Å². The number of anilines is 1.